The standard InChI is InChI=1S/C18H18O5/c1-21-16-11-6-3-4-7-12(11)17(22-2)18-13(16)10-15(23-18)14(20)8-5-9-19/h3-4,6-7,10,19H,5,8-9H2,1-2H3. The fourth-order valence-electron chi connectivity index (χ4n) is 2.80. The van der Waals surface area contributed by atoms with Gasteiger partial charge in [-0.25, -0.2) is 0 Å². The van der Waals surface area contributed by atoms with Crippen LogP contribution in [0.3, 0.4) is 0 Å². The number of rotatable bonds is 6. The van der Waals surface area contributed by atoms with Crippen molar-refractivity contribution in [1.82, 2.24) is 0 Å². The predicted octanol–water partition coefficient (Wildman–Crippen LogP) is 3.56. The van der Waals surface area contributed by atoms with E-state index in [9.17, 15) is 4.79 Å². The molecular formula is C18H18O5. The first-order valence-electron chi connectivity index (χ1n) is 7.41. The van der Waals surface area contributed by atoms with Crippen molar-refractivity contribution in [3.8, 4) is 11.5 Å². The van der Waals surface area contributed by atoms with E-state index in [1.54, 1.807) is 20.3 Å². The second-order valence-electron chi connectivity index (χ2n) is 5.22. The van der Waals surface area contributed by atoms with Crippen molar-refractivity contribution in [2.45, 2.75) is 12.8 Å². The van der Waals surface area contributed by atoms with E-state index in [0.29, 0.717) is 28.9 Å². The maximum Gasteiger partial charge on any atom is 0.198 e. The summed E-state index contributed by atoms with van der Waals surface area (Å²) in [6.45, 7) is -0.0253. The van der Waals surface area contributed by atoms with E-state index in [0.717, 1.165) is 10.8 Å². The van der Waals surface area contributed by atoms with Crippen molar-refractivity contribution >= 4 is 27.5 Å². The second-order valence-corrected chi connectivity index (χ2v) is 5.22. The summed E-state index contributed by atoms with van der Waals surface area (Å²) in [7, 11) is 3.16. The summed E-state index contributed by atoms with van der Waals surface area (Å²) in [6, 6.07) is 9.38. The number of furan rings is 1. The van der Waals surface area contributed by atoms with Crippen LogP contribution in [0.25, 0.3) is 21.7 Å². The Balaban J connectivity index is 2.27. The number of fused-ring (bicyclic) bond motifs is 2. The molecule has 0 bridgehead atoms. The number of Topliss-reactive ketones (excluding diaryl/α,β-unsaturated/α-hetero) is 1. The summed E-state index contributed by atoms with van der Waals surface area (Å²) in [5.41, 5.74) is 0.496. The Labute approximate surface area is 133 Å². The van der Waals surface area contributed by atoms with Crippen LogP contribution >= 0.6 is 0 Å². The van der Waals surface area contributed by atoms with Gasteiger partial charge in [-0.05, 0) is 12.5 Å². The highest BCUT2D eigenvalue weighted by Crippen LogP contribution is 2.43. The summed E-state index contributed by atoms with van der Waals surface area (Å²) in [5, 5.41) is 11.3. The molecule has 0 saturated carbocycles. The molecule has 0 radical (unpaired) electrons. The van der Waals surface area contributed by atoms with Crippen LogP contribution in [0.2, 0.25) is 0 Å². The fraction of sp³-hybridized carbons (Fsp3) is 0.278. The number of aliphatic hydroxyl groups is 1. The van der Waals surface area contributed by atoms with E-state index < -0.39 is 0 Å². The van der Waals surface area contributed by atoms with Gasteiger partial charge >= 0.3 is 0 Å². The zero-order valence-electron chi connectivity index (χ0n) is 13.1. The molecule has 5 nitrogen and oxygen atoms in total. The van der Waals surface area contributed by atoms with Gasteiger partial charge in [-0.1, -0.05) is 24.3 Å². The van der Waals surface area contributed by atoms with E-state index in [1.807, 2.05) is 24.3 Å². The van der Waals surface area contributed by atoms with Crippen LogP contribution in [0, 0.1) is 0 Å². The van der Waals surface area contributed by atoms with E-state index in [4.69, 9.17) is 19.0 Å². The Hall–Kier alpha value is -2.53. The van der Waals surface area contributed by atoms with Gasteiger partial charge in [0.25, 0.3) is 0 Å². The highest BCUT2D eigenvalue weighted by molar-refractivity contribution is 6.11. The maximum absolute atomic E-state index is 12.2. The number of ketones is 1. The Bertz CT molecular complexity index is 802. The Morgan fingerprint density at radius 3 is 2.35 bits per heavy atom. The molecule has 120 valence electrons. The maximum atomic E-state index is 12.2. The van der Waals surface area contributed by atoms with Crippen LogP contribution in [0.5, 0.6) is 11.5 Å². The lowest BCUT2D eigenvalue weighted by molar-refractivity contribution is 0.0946. The van der Waals surface area contributed by atoms with Crippen LogP contribution in [-0.4, -0.2) is 31.7 Å². The van der Waals surface area contributed by atoms with Crippen LogP contribution in [0.4, 0.5) is 0 Å². The minimum atomic E-state index is -0.150. The minimum Gasteiger partial charge on any atom is -0.495 e. The van der Waals surface area contributed by atoms with Gasteiger partial charge in [-0.3, -0.25) is 4.79 Å². The largest absolute Gasteiger partial charge is 0.495 e. The molecule has 0 spiro atoms. The van der Waals surface area contributed by atoms with Gasteiger partial charge < -0.3 is 19.0 Å². The Morgan fingerprint density at radius 2 is 1.74 bits per heavy atom. The first kappa shape index (κ1) is 15.4. The number of aliphatic hydroxyl groups excluding tert-OH is 1. The molecule has 3 rings (SSSR count). The zero-order valence-corrected chi connectivity index (χ0v) is 13.1. The topological polar surface area (TPSA) is 68.9 Å². The number of methoxy groups -OCH3 is 2. The van der Waals surface area contributed by atoms with Crippen molar-refractivity contribution < 1.29 is 23.8 Å². The lowest BCUT2D eigenvalue weighted by Gasteiger charge is -2.10. The van der Waals surface area contributed by atoms with Gasteiger partial charge in [0.05, 0.1) is 19.6 Å². The summed E-state index contributed by atoms with van der Waals surface area (Å²) >= 11 is 0. The van der Waals surface area contributed by atoms with Gasteiger partial charge in [0.2, 0.25) is 0 Å². The Morgan fingerprint density at radius 1 is 1.09 bits per heavy atom. The third-order valence-electron chi connectivity index (χ3n) is 3.84. The number of benzene rings is 2. The molecule has 2 aromatic carbocycles. The van der Waals surface area contributed by atoms with Crippen molar-refractivity contribution in [3.63, 3.8) is 0 Å². The highest BCUT2D eigenvalue weighted by Gasteiger charge is 2.21. The molecule has 0 saturated heterocycles. The molecule has 3 aromatic rings. The normalized spacial score (nSPS) is 11.1. The Kier molecular flexibility index (Phi) is 4.21. The molecule has 5 heteroatoms. The number of ether oxygens (including phenoxy) is 2. The third kappa shape index (κ3) is 2.53. The first-order valence-corrected chi connectivity index (χ1v) is 7.41. The molecule has 0 fully saturated rings. The van der Waals surface area contributed by atoms with Crippen molar-refractivity contribution in [2.24, 2.45) is 0 Å². The van der Waals surface area contributed by atoms with E-state index in [2.05, 4.69) is 0 Å². The summed E-state index contributed by atoms with van der Waals surface area (Å²) < 4.78 is 16.8. The minimum absolute atomic E-state index is 0.0253. The lowest BCUT2D eigenvalue weighted by atomic mass is 10.0. The average Bonchev–Trinajstić information content (AvgIpc) is 3.02. The molecule has 0 aliphatic rings. The molecule has 0 amide bonds. The number of hydrogen-bond acceptors (Lipinski definition) is 5. The summed E-state index contributed by atoms with van der Waals surface area (Å²) in [5.74, 6) is 1.34. The van der Waals surface area contributed by atoms with Gasteiger partial charge in [0.15, 0.2) is 22.9 Å². The SMILES string of the molecule is COc1c2ccccc2c(OC)c2oc(C(=O)CCCO)cc12. The van der Waals surface area contributed by atoms with Crippen molar-refractivity contribution in [1.29, 1.82) is 0 Å². The number of carbonyl (C=O) groups excluding carboxylic acids is 1. The van der Waals surface area contributed by atoms with E-state index >= 15 is 0 Å². The van der Waals surface area contributed by atoms with Crippen molar-refractivity contribution in [2.75, 3.05) is 20.8 Å². The monoisotopic (exact) mass is 314 g/mol. The second kappa shape index (κ2) is 6.30. The van der Waals surface area contributed by atoms with Gasteiger partial charge in [0, 0.05) is 23.8 Å². The fourth-order valence-corrected chi connectivity index (χ4v) is 2.80. The molecule has 0 aliphatic heterocycles. The summed E-state index contributed by atoms with van der Waals surface area (Å²) in [4.78, 5) is 12.2. The lowest BCUT2D eigenvalue weighted by Crippen LogP contribution is -1.98. The van der Waals surface area contributed by atoms with Gasteiger partial charge in [-0.15, -0.1) is 0 Å². The van der Waals surface area contributed by atoms with Gasteiger partial charge in [0.1, 0.15) is 5.75 Å². The van der Waals surface area contributed by atoms with Gasteiger partial charge in [-0.2, -0.15) is 0 Å². The van der Waals surface area contributed by atoms with E-state index in [1.165, 1.54) is 0 Å². The smallest absolute Gasteiger partial charge is 0.198 e. The van der Waals surface area contributed by atoms with Crippen LogP contribution in [0.15, 0.2) is 34.7 Å². The molecule has 1 heterocycles. The number of hydrogen-bond donors (Lipinski definition) is 1. The van der Waals surface area contributed by atoms with E-state index in [-0.39, 0.29) is 24.6 Å². The first-order chi connectivity index (χ1) is 11.2. The molecule has 0 unspecified atom stereocenters. The highest BCUT2D eigenvalue weighted by atomic mass is 16.5. The predicted molar refractivity (Wildman–Crippen MR) is 87.5 cm³/mol. The molecule has 1 N–H and O–H groups in total. The molecule has 0 atom stereocenters. The third-order valence-corrected chi connectivity index (χ3v) is 3.84. The zero-order chi connectivity index (χ0) is 16.4. The average molecular weight is 314 g/mol. The molecule has 23 heavy (non-hydrogen) atoms. The number of carbonyl (C=O) groups is 1. The van der Waals surface area contributed by atoms with Crippen LogP contribution in [-0.2, 0) is 0 Å². The van der Waals surface area contributed by atoms with Crippen LogP contribution < -0.4 is 9.47 Å². The molecule has 0 aliphatic carbocycles. The molecule has 1 aromatic heterocycles. The van der Waals surface area contributed by atoms with Crippen molar-refractivity contribution in [3.05, 3.63) is 36.1 Å². The van der Waals surface area contributed by atoms with Crippen LogP contribution in [0.1, 0.15) is 23.4 Å². The quantitative estimate of drug-likeness (QED) is 0.705. The summed E-state index contributed by atoms with van der Waals surface area (Å²) in [6.07, 6.45) is 0.645. The molecular weight excluding hydrogens is 296 g/mol.